The lowest BCUT2D eigenvalue weighted by Crippen LogP contribution is -2.48. The van der Waals surface area contributed by atoms with Crippen molar-refractivity contribution >= 4 is 29.5 Å². The smallest absolute Gasteiger partial charge is 0.234 e. The zero-order chi connectivity index (χ0) is 106. The molecule has 0 bridgehead atoms. The Morgan fingerprint density at radius 2 is 0.448 bits per heavy atom. The molecule has 0 aromatic carbocycles. The molecule has 1 aliphatic rings. The second-order valence-electron chi connectivity index (χ2n) is 45.4. The van der Waals surface area contributed by atoms with Gasteiger partial charge in [-0.1, -0.05) is 570 Å². The SMILES string of the molecule is CC.CCCCCCCCCCCCCCNC(=O)CCCCC1CCN(CC(=O)NCCCCCCCCCCCCCC)CC1.CCCCCCCCCCCCCCNC(=O)CNCC(O)CN(CCCCCCCCCCCCCC)CCCCN(CCCCCCCCCCCCCC)CC(O)CN(CC(=O)NCCCCCCCCCCCCCC)CC(=O)NCCCCCCCCCCCCCC. The first-order chi connectivity index (χ1) is 71.3. The van der Waals surface area contributed by atoms with Gasteiger partial charge in [-0.15, -0.1) is 0 Å². The van der Waals surface area contributed by atoms with Crippen LogP contribution in [0.4, 0.5) is 0 Å². The molecule has 1 rings (SSSR count). The summed E-state index contributed by atoms with van der Waals surface area (Å²) in [4.78, 5) is 73.8. The zero-order valence-electron chi connectivity index (χ0n) is 99.4. The van der Waals surface area contributed by atoms with Gasteiger partial charge in [0.25, 0.3) is 0 Å². The van der Waals surface area contributed by atoms with Crippen LogP contribution >= 0.6 is 0 Å². The number of carbonyl (C=O) groups excluding carboxylic acids is 5. The van der Waals surface area contributed by atoms with Gasteiger partial charge >= 0.3 is 0 Å². The van der Waals surface area contributed by atoms with E-state index in [4.69, 9.17) is 0 Å². The van der Waals surface area contributed by atoms with Crippen molar-refractivity contribution in [1.29, 1.82) is 0 Å². The summed E-state index contributed by atoms with van der Waals surface area (Å²) in [5, 5.41) is 42.4. The fourth-order valence-electron chi connectivity index (χ4n) is 21.2. The molecular formula is C128H260N10O7. The highest BCUT2D eigenvalue weighted by Crippen LogP contribution is 2.25. The van der Waals surface area contributed by atoms with Gasteiger partial charge in [0.05, 0.1) is 38.4 Å². The van der Waals surface area contributed by atoms with Crippen molar-refractivity contribution in [2.24, 2.45) is 5.92 Å². The Balaban J connectivity index is 0. The number of unbranched alkanes of at least 4 members (excludes halogenated alkanes) is 79. The number of likely N-dealkylation sites (tertiary alicyclic amines) is 1. The molecule has 0 radical (unpaired) electrons. The molecular weight excluding hydrogens is 1790 g/mol. The van der Waals surface area contributed by atoms with Crippen LogP contribution in [0.2, 0.25) is 0 Å². The summed E-state index contributed by atoms with van der Waals surface area (Å²) in [5.74, 6) is 1.07. The number of carbonyl (C=O) groups is 5. The van der Waals surface area contributed by atoms with Gasteiger partial charge in [-0.2, -0.15) is 0 Å². The molecule has 0 spiro atoms. The van der Waals surface area contributed by atoms with Crippen LogP contribution < -0.4 is 31.9 Å². The molecule has 0 saturated carbocycles. The first-order valence-electron chi connectivity index (χ1n) is 65.6. The third-order valence-corrected chi connectivity index (χ3v) is 30.8. The number of nitrogens with zero attached hydrogens (tertiary/aromatic N) is 4. The van der Waals surface area contributed by atoms with Gasteiger partial charge in [0, 0.05) is 65.3 Å². The van der Waals surface area contributed by atoms with E-state index in [9.17, 15) is 34.2 Å². The van der Waals surface area contributed by atoms with E-state index >= 15 is 0 Å². The lowest BCUT2D eigenvalue weighted by molar-refractivity contribution is -0.126. The van der Waals surface area contributed by atoms with Crippen molar-refractivity contribution in [1.82, 2.24) is 51.5 Å². The molecule has 17 nitrogen and oxygen atoms in total. The zero-order valence-corrected chi connectivity index (χ0v) is 99.4. The third kappa shape index (κ3) is 115. The topological polar surface area (TPSA) is 211 Å². The number of amides is 5. The first kappa shape index (κ1) is 144. The van der Waals surface area contributed by atoms with Crippen LogP contribution in [0.3, 0.4) is 0 Å². The van der Waals surface area contributed by atoms with Gasteiger partial charge in [-0.3, -0.25) is 33.8 Å². The molecule has 8 N–H and O–H groups in total. The summed E-state index contributed by atoms with van der Waals surface area (Å²) in [6.45, 7) is 32.2. The number of hydrogen-bond donors (Lipinski definition) is 8. The largest absolute Gasteiger partial charge is 0.390 e. The van der Waals surface area contributed by atoms with Crippen molar-refractivity contribution in [3.8, 4) is 0 Å². The molecule has 1 saturated heterocycles. The summed E-state index contributed by atoms with van der Waals surface area (Å²) in [7, 11) is 0. The minimum absolute atomic E-state index is 0.0101. The Bertz CT molecular complexity index is 2500. The Labute approximate surface area is 905 Å². The minimum Gasteiger partial charge on any atom is -0.390 e. The third-order valence-electron chi connectivity index (χ3n) is 30.8. The number of rotatable bonds is 117. The number of nitrogens with one attached hydrogen (secondary N) is 6. The molecule has 2 unspecified atom stereocenters. The quantitative estimate of drug-likeness (QED) is 0.0267. The van der Waals surface area contributed by atoms with Crippen molar-refractivity contribution in [3.63, 3.8) is 0 Å². The average Bonchev–Trinajstić information content (AvgIpc) is 0.903. The maximum absolute atomic E-state index is 13.6. The van der Waals surface area contributed by atoms with Crippen LogP contribution in [-0.2, 0) is 24.0 Å². The van der Waals surface area contributed by atoms with Crippen molar-refractivity contribution in [2.75, 3.05) is 124 Å². The molecule has 0 aromatic heterocycles. The maximum Gasteiger partial charge on any atom is 0.234 e. The summed E-state index contributed by atoms with van der Waals surface area (Å²) < 4.78 is 0. The Kier molecular flexibility index (Phi) is 122. The molecule has 1 heterocycles. The van der Waals surface area contributed by atoms with E-state index in [-0.39, 0.29) is 55.7 Å². The van der Waals surface area contributed by atoms with E-state index in [1.807, 2.05) is 18.7 Å². The number of aliphatic hydroxyl groups is 2. The fourth-order valence-corrected chi connectivity index (χ4v) is 21.2. The van der Waals surface area contributed by atoms with Crippen LogP contribution in [-0.4, -0.2) is 196 Å². The first-order valence-corrected chi connectivity index (χ1v) is 65.6. The molecule has 2 atom stereocenters. The van der Waals surface area contributed by atoms with Gasteiger partial charge in [0.2, 0.25) is 29.5 Å². The predicted molar refractivity (Wildman–Crippen MR) is 635 cm³/mol. The lowest BCUT2D eigenvalue weighted by Gasteiger charge is -2.31. The second-order valence-corrected chi connectivity index (χ2v) is 45.4. The van der Waals surface area contributed by atoms with E-state index in [1.165, 1.54) is 494 Å². The van der Waals surface area contributed by atoms with E-state index in [1.54, 1.807) is 0 Å². The Hall–Kier alpha value is -2.93. The Morgan fingerprint density at radius 1 is 0.241 bits per heavy atom. The average molecular weight is 2050 g/mol. The summed E-state index contributed by atoms with van der Waals surface area (Å²) in [6, 6.07) is 0. The molecule has 0 aromatic rings. The number of piperidine rings is 1. The maximum atomic E-state index is 13.6. The summed E-state index contributed by atoms with van der Waals surface area (Å²) in [5.41, 5.74) is 0. The highest BCUT2D eigenvalue weighted by atomic mass is 16.3. The number of aliphatic hydroxyl groups excluding tert-OH is 2. The van der Waals surface area contributed by atoms with Gasteiger partial charge in [-0.05, 0) is 122 Å². The molecule has 17 heteroatoms. The van der Waals surface area contributed by atoms with Crippen molar-refractivity contribution in [3.05, 3.63) is 0 Å². The minimum atomic E-state index is -0.706. The van der Waals surface area contributed by atoms with E-state index in [2.05, 4.69) is 95.1 Å². The second kappa shape index (κ2) is 123. The molecule has 5 amide bonds. The highest BCUT2D eigenvalue weighted by Gasteiger charge is 2.24. The standard InChI is InChI=1S/C86H175N7O5.C40H79N3O2.C2H6/c1-6-11-16-21-26-31-36-41-46-51-56-61-68-88-84(96)76-87-75-82(94)77-91(71-64-59-54-49-44-39-34-29-24-19-14-9-4)73-66-67-74-92(72-65-60-55-50-45-40-35-30-25-20-15-10-5)78-83(95)79-93(80-85(97)89-69-62-57-52-47-42-37-32-27-22-17-12-7-2)81-86(98)90-70-63-58-53-48-43-38-33-28-23-18-13-8-3;1-3-5-7-9-11-13-15-17-19-21-23-27-33-41-39(44)30-26-25-29-38-31-35-43(36-32-38)37-40(45)42-34-28-24-22-20-18-16-14-12-10-8-6-4-2;1-2/h82-83,87,94-95H,6-81H2,1-5H3,(H,88,96)(H,89,97)(H,90,98);38H,3-37H2,1-2H3,(H,41,44)(H,42,45);1-2H3. The fraction of sp³-hybridized carbons (Fsp3) is 0.961. The molecule has 0 aliphatic carbocycles. The normalized spacial score (nSPS) is 12.8. The lowest BCUT2D eigenvalue weighted by atomic mass is 9.91. The summed E-state index contributed by atoms with van der Waals surface area (Å²) >= 11 is 0. The van der Waals surface area contributed by atoms with Crippen LogP contribution in [0.15, 0.2) is 0 Å². The van der Waals surface area contributed by atoms with Crippen LogP contribution in [0.5, 0.6) is 0 Å². The summed E-state index contributed by atoms with van der Waals surface area (Å²) in [6.07, 6.45) is 117. The van der Waals surface area contributed by atoms with Gasteiger partial charge in [-0.25, -0.2) is 0 Å². The van der Waals surface area contributed by atoms with E-state index in [0.717, 1.165) is 155 Å². The van der Waals surface area contributed by atoms with Gasteiger partial charge in [0.1, 0.15) is 0 Å². The van der Waals surface area contributed by atoms with Crippen LogP contribution in [0, 0.1) is 5.92 Å². The van der Waals surface area contributed by atoms with Gasteiger partial charge < -0.3 is 51.9 Å². The molecule has 1 fully saturated rings. The van der Waals surface area contributed by atoms with E-state index < -0.39 is 12.2 Å². The Morgan fingerprint density at radius 3 is 0.710 bits per heavy atom. The predicted octanol–water partition coefficient (Wildman–Crippen LogP) is 33.8. The van der Waals surface area contributed by atoms with Gasteiger partial charge in [0.15, 0.2) is 0 Å². The van der Waals surface area contributed by atoms with E-state index in [0.29, 0.717) is 45.7 Å². The van der Waals surface area contributed by atoms with Crippen molar-refractivity contribution in [2.45, 2.75) is 665 Å². The van der Waals surface area contributed by atoms with Crippen LogP contribution in [0.1, 0.15) is 653 Å². The molecule has 864 valence electrons. The monoisotopic (exact) mass is 2050 g/mol. The van der Waals surface area contributed by atoms with Crippen molar-refractivity contribution < 1.29 is 34.2 Å². The highest BCUT2D eigenvalue weighted by molar-refractivity contribution is 5.81. The molecule has 145 heavy (non-hydrogen) atoms. The number of hydrogen-bond acceptors (Lipinski definition) is 12. The van der Waals surface area contributed by atoms with Crippen LogP contribution in [0.25, 0.3) is 0 Å². The molecule has 1 aliphatic heterocycles.